The molecular weight excluding hydrogens is 255 g/mol. The second-order valence-electron chi connectivity index (χ2n) is 3.71. The van der Waals surface area contributed by atoms with Crippen molar-refractivity contribution in [2.45, 2.75) is 19.8 Å². The summed E-state index contributed by atoms with van der Waals surface area (Å²) in [6, 6.07) is 1.87. The van der Waals surface area contributed by atoms with Gasteiger partial charge in [0.05, 0.1) is 0 Å². The Bertz CT molecular complexity index is 559. The van der Waals surface area contributed by atoms with Crippen LogP contribution in [0.2, 0.25) is 0 Å². The quantitative estimate of drug-likeness (QED) is 0.793. The minimum atomic E-state index is -0.750. The summed E-state index contributed by atoms with van der Waals surface area (Å²) in [5, 5.41) is 4.12. The number of benzene rings is 1. The van der Waals surface area contributed by atoms with E-state index in [2.05, 4.69) is 10.1 Å². The number of hydrogen-bond donors (Lipinski definition) is 0. The maximum atomic E-state index is 13.8. The maximum absolute atomic E-state index is 13.8. The molecule has 2 radical (unpaired) electrons. The van der Waals surface area contributed by atoms with Crippen LogP contribution in [0.4, 0.5) is 8.78 Å². The molecule has 0 N–H and O–H groups in total. The minimum Gasteiger partial charge on any atom is -0.652 e. The Morgan fingerprint density at radius 3 is 2.83 bits per heavy atom. The van der Waals surface area contributed by atoms with Crippen LogP contribution in [0.15, 0.2) is 18.5 Å². The summed E-state index contributed by atoms with van der Waals surface area (Å²) in [5.74, 6) is -0.802. The third-order valence-electron chi connectivity index (χ3n) is 2.36. The van der Waals surface area contributed by atoms with Gasteiger partial charge < -0.3 is 3.79 Å². The standard InChI is InChI=1S/C11H11F2N3O.Al/c1-2-3-10-14-6-16(15-10)11-8(13)4-7(12)5-9(11)17;/h4-6,17H,2-3H2,1H3;/q;+1/p-1. The summed E-state index contributed by atoms with van der Waals surface area (Å²) < 4.78 is 33.0. The Labute approximate surface area is 111 Å². The Balaban J connectivity index is 2.48. The first-order chi connectivity index (χ1) is 8.65. The van der Waals surface area contributed by atoms with Crippen molar-refractivity contribution < 1.29 is 12.6 Å². The molecule has 0 aliphatic rings. The van der Waals surface area contributed by atoms with Gasteiger partial charge in [-0.2, -0.15) is 5.10 Å². The average molecular weight is 265 g/mol. The molecule has 7 heteroatoms. The Morgan fingerprint density at radius 1 is 1.39 bits per heavy atom. The number of halogens is 2. The van der Waals surface area contributed by atoms with Crippen LogP contribution in [0.1, 0.15) is 19.2 Å². The van der Waals surface area contributed by atoms with Gasteiger partial charge in [-0.25, -0.2) is 18.4 Å². The lowest BCUT2D eigenvalue weighted by Gasteiger charge is -2.10. The molecule has 0 bridgehead atoms. The lowest BCUT2D eigenvalue weighted by atomic mass is 10.2. The Kier molecular flexibility index (Phi) is 3.94. The van der Waals surface area contributed by atoms with Gasteiger partial charge in [-0.1, -0.05) is 6.92 Å². The van der Waals surface area contributed by atoms with E-state index >= 15 is 0 Å². The van der Waals surface area contributed by atoms with Gasteiger partial charge in [0.15, 0.2) is 11.6 Å². The molecule has 0 unspecified atom stereocenters. The van der Waals surface area contributed by atoms with Crippen LogP contribution < -0.4 is 3.79 Å². The molecule has 18 heavy (non-hydrogen) atoms. The van der Waals surface area contributed by atoms with E-state index in [0.717, 1.165) is 18.6 Å². The number of hydrogen-bond acceptors (Lipinski definition) is 3. The van der Waals surface area contributed by atoms with E-state index in [0.29, 0.717) is 12.2 Å². The first kappa shape index (κ1) is 13.0. The second-order valence-corrected chi connectivity index (χ2v) is 3.94. The third kappa shape index (κ3) is 2.52. The van der Waals surface area contributed by atoms with E-state index in [9.17, 15) is 8.78 Å². The second kappa shape index (κ2) is 5.46. The van der Waals surface area contributed by atoms with Crippen molar-refractivity contribution in [1.29, 1.82) is 0 Å². The Morgan fingerprint density at radius 2 is 2.17 bits per heavy atom. The fourth-order valence-electron chi connectivity index (χ4n) is 1.60. The van der Waals surface area contributed by atoms with Gasteiger partial charge in [0.1, 0.15) is 23.6 Å². The van der Waals surface area contributed by atoms with E-state index in [1.807, 2.05) is 23.5 Å². The number of nitrogens with zero attached hydrogens (tertiary/aromatic N) is 3. The van der Waals surface area contributed by atoms with E-state index in [1.54, 1.807) is 0 Å². The molecule has 0 amide bonds. The van der Waals surface area contributed by atoms with Crippen molar-refractivity contribution in [3.8, 4) is 11.4 Å². The monoisotopic (exact) mass is 265 g/mol. The largest absolute Gasteiger partial charge is 0.652 e. The van der Waals surface area contributed by atoms with Crippen molar-refractivity contribution in [2.75, 3.05) is 0 Å². The number of rotatable bonds is 4. The molecular formula is C11H10AlF2N3O. The molecule has 0 atom stereocenters. The number of aryl methyl sites for hydroxylation is 1. The number of aromatic nitrogens is 3. The van der Waals surface area contributed by atoms with Gasteiger partial charge >= 0.3 is 16.6 Å². The van der Waals surface area contributed by atoms with Gasteiger partial charge in [-0.3, -0.25) is 0 Å². The summed E-state index contributed by atoms with van der Waals surface area (Å²) in [4.78, 5) is 4.05. The molecule has 0 saturated heterocycles. The van der Waals surface area contributed by atoms with Crippen LogP contribution in [0.3, 0.4) is 0 Å². The summed E-state index contributed by atoms with van der Waals surface area (Å²) in [6.45, 7) is 2.00. The zero-order valence-electron chi connectivity index (χ0n) is 9.73. The highest BCUT2D eigenvalue weighted by atomic mass is 27.1. The highest BCUT2D eigenvalue weighted by Crippen LogP contribution is 2.26. The molecule has 2 rings (SSSR count). The lowest BCUT2D eigenvalue weighted by molar-refractivity contribution is 0.537. The SMILES string of the molecule is CCCc1ncn(-c2c(F)cc(F)cc2[O][Al])n1. The van der Waals surface area contributed by atoms with Crippen molar-refractivity contribution in [2.24, 2.45) is 0 Å². The van der Waals surface area contributed by atoms with Gasteiger partial charge in [0, 0.05) is 18.6 Å². The van der Waals surface area contributed by atoms with Crippen LogP contribution in [0.25, 0.3) is 5.69 Å². The van der Waals surface area contributed by atoms with Crippen LogP contribution in [-0.2, 0) is 6.42 Å². The first-order valence-electron chi connectivity index (χ1n) is 5.42. The molecule has 1 aromatic carbocycles. The fourth-order valence-corrected chi connectivity index (χ4v) is 1.78. The van der Waals surface area contributed by atoms with E-state index in [-0.39, 0.29) is 11.4 Å². The van der Waals surface area contributed by atoms with Gasteiger partial charge in [0.2, 0.25) is 0 Å². The summed E-state index contributed by atoms with van der Waals surface area (Å²) in [5.41, 5.74) is 0.0428. The third-order valence-corrected chi connectivity index (χ3v) is 2.62. The molecule has 1 heterocycles. The van der Waals surface area contributed by atoms with E-state index in [1.165, 1.54) is 11.0 Å². The average Bonchev–Trinajstić information content (AvgIpc) is 2.76. The van der Waals surface area contributed by atoms with Crippen molar-refractivity contribution in [3.63, 3.8) is 0 Å². The van der Waals surface area contributed by atoms with Crippen molar-refractivity contribution in [3.05, 3.63) is 35.9 Å². The van der Waals surface area contributed by atoms with Gasteiger partial charge in [0.25, 0.3) is 0 Å². The lowest BCUT2D eigenvalue weighted by Crippen LogP contribution is -2.04. The van der Waals surface area contributed by atoms with Crippen LogP contribution in [0.5, 0.6) is 5.75 Å². The molecule has 1 aromatic heterocycles. The van der Waals surface area contributed by atoms with Crippen LogP contribution in [-0.4, -0.2) is 31.4 Å². The van der Waals surface area contributed by atoms with Crippen molar-refractivity contribution >= 4 is 16.6 Å². The predicted molar refractivity (Wildman–Crippen MR) is 61.7 cm³/mol. The zero-order chi connectivity index (χ0) is 13.1. The van der Waals surface area contributed by atoms with Gasteiger partial charge in [-0.15, -0.1) is 0 Å². The molecule has 0 aliphatic heterocycles. The highest BCUT2D eigenvalue weighted by molar-refractivity contribution is 6.00. The first-order valence-corrected chi connectivity index (χ1v) is 5.89. The Hall–Kier alpha value is -1.45. The fraction of sp³-hybridized carbons (Fsp3) is 0.273. The molecule has 0 aliphatic carbocycles. The maximum Gasteiger partial charge on any atom is 0.482 e. The summed E-state index contributed by atoms with van der Waals surface area (Å²) >= 11 is 1.96. The molecule has 0 spiro atoms. The van der Waals surface area contributed by atoms with Crippen LogP contribution in [0, 0.1) is 11.6 Å². The topological polar surface area (TPSA) is 39.9 Å². The zero-order valence-corrected chi connectivity index (χ0v) is 10.9. The van der Waals surface area contributed by atoms with Gasteiger partial charge in [-0.05, 0) is 6.42 Å². The van der Waals surface area contributed by atoms with Crippen LogP contribution >= 0.6 is 0 Å². The molecule has 4 nitrogen and oxygen atoms in total. The normalized spacial score (nSPS) is 10.6. The smallest absolute Gasteiger partial charge is 0.482 e. The summed E-state index contributed by atoms with van der Waals surface area (Å²) in [7, 11) is 0. The molecule has 0 saturated carbocycles. The minimum absolute atomic E-state index is 0.0428. The molecule has 0 fully saturated rings. The van der Waals surface area contributed by atoms with E-state index in [4.69, 9.17) is 3.79 Å². The van der Waals surface area contributed by atoms with E-state index < -0.39 is 11.6 Å². The molecule has 92 valence electrons. The molecule has 2 aromatic rings. The summed E-state index contributed by atoms with van der Waals surface area (Å²) in [6.07, 6.45) is 2.98. The highest BCUT2D eigenvalue weighted by Gasteiger charge is 2.14. The van der Waals surface area contributed by atoms with Crippen molar-refractivity contribution in [1.82, 2.24) is 14.8 Å². The predicted octanol–water partition coefficient (Wildman–Crippen LogP) is 1.96.